The molecule has 3 unspecified atom stereocenters. The zero-order valence-corrected chi connectivity index (χ0v) is 21.1. The van der Waals surface area contributed by atoms with Crippen molar-refractivity contribution in [2.45, 2.75) is 44.4 Å². The Balaban J connectivity index is 1.14. The highest BCUT2D eigenvalue weighted by Crippen LogP contribution is 2.35. The Labute approximate surface area is 214 Å². The van der Waals surface area contributed by atoms with Gasteiger partial charge in [-0.25, -0.2) is 5.43 Å². The summed E-state index contributed by atoms with van der Waals surface area (Å²) >= 11 is 7.40. The fourth-order valence-corrected chi connectivity index (χ4v) is 5.35. The summed E-state index contributed by atoms with van der Waals surface area (Å²) in [7, 11) is 0. The number of amidine groups is 1. The van der Waals surface area contributed by atoms with Crippen molar-refractivity contribution in [3.05, 3.63) is 71.5 Å². The molecule has 2 aromatic carbocycles. The predicted octanol–water partition coefficient (Wildman–Crippen LogP) is 4.50. The van der Waals surface area contributed by atoms with Crippen molar-refractivity contribution in [1.29, 1.82) is 0 Å². The van der Waals surface area contributed by atoms with E-state index in [4.69, 9.17) is 16.3 Å². The number of halogens is 1. The average Bonchev–Trinajstić information content (AvgIpc) is 3.47. The summed E-state index contributed by atoms with van der Waals surface area (Å²) in [5, 5.41) is 10.9. The van der Waals surface area contributed by atoms with Gasteiger partial charge in [-0.2, -0.15) is 5.10 Å². The minimum Gasteiger partial charge on any atom is -0.494 e. The number of carbonyl (C=O) groups excluding carboxylic acids is 1. The maximum atomic E-state index is 12.4. The number of hydrogen-bond donors (Lipinski definition) is 3. The molecule has 184 valence electrons. The Morgan fingerprint density at radius 2 is 2.11 bits per heavy atom. The number of benzene rings is 2. The number of amides is 1. The van der Waals surface area contributed by atoms with E-state index in [0.717, 1.165) is 36.8 Å². The molecule has 3 aliphatic heterocycles. The minimum atomic E-state index is -0.101. The van der Waals surface area contributed by atoms with E-state index in [-0.39, 0.29) is 29.9 Å². The molecule has 3 atom stereocenters. The lowest BCUT2D eigenvalue weighted by Gasteiger charge is -2.36. The first kappa shape index (κ1) is 23.8. The van der Waals surface area contributed by atoms with Gasteiger partial charge in [-0.15, -0.1) is 0 Å². The quantitative estimate of drug-likeness (QED) is 0.449. The lowest BCUT2D eigenvalue weighted by molar-refractivity contribution is -0.113. The number of ether oxygens (including phenoxy) is 1. The largest absolute Gasteiger partial charge is 0.494 e. The fraction of sp³-hybridized carbons (Fsp3) is 0.360. The third-order valence-electron chi connectivity index (χ3n) is 6.19. The van der Waals surface area contributed by atoms with Crippen molar-refractivity contribution in [3.63, 3.8) is 0 Å². The van der Waals surface area contributed by atoms with Crippen molar-refractivity contribution < 1.29 is 9.53 Å². The smallest absolute Gasteiger partial charge is 0.234 e. The van der Waals surface area contributed by atoms with Gasteiger partial charge >= 0.3 is 0 Å². The molecule has 5 rings (SSSR count). The summed E-state index contributed by atoms with van der Waals surface area (Å²) < 4.78 is 5.79. The van der Waals surface area contributed by atoms with Gasteiger partial charge in [0.25, 0.3) is 0 Å². The molecule has 0 aromatic heterocycles. The van der Waals surface area contributed by atoms with Gasteiger partial charge in [-0.05, 0) is 48.7 Å². The van der Waals surface area contributed by atoms with Crippen molar-refractivity contribution in [3.8, 4) is 5.75 Å². The van der Waals surface area contributed by atoms with Crippen LogP contribution in [0.2, 0.25) is 5.02 Å². The van der Waals surface area contributed by atoms with E-state index < -0.39 is 0 Å². The summed E-state index contributed by atoms with van der Waals surface area (Å²) in [5.41, 5.74) is 8.77. The number of nitrogens with zero attached hydrogens (tertiary/aromatic N) is 3. The number of unbranched alkanes of at least 4 members (excludes halogenated alkanes) is 1. The Morgan fingerprint density at radius 3 is 2.91 bits per heavy atom. The molecule has 35 heavy (non-hydrogen) atoms. The number of rotatable bonds is 8. The molecular weight excluding hydrogens is 484 g/mol. The highest BCUT2D eigenvalue weighted by Gasteiger charge is 2.44. The Hall–Kier alpha value is -2.88. The van der Waals surface area contributed by atoms with E-state index in [1.165, 1.54) is 17.3 Å². The second-order valence-electron chi connectivity index (χ2n) is 8.68. The van der Waals surface area contributed by atoms with Crippen LogP contribution in [0.1, 0.15) is 37.8 Å². The van der Waals surface area contributed by atoms with Gasteiger partial charge in [0.2, 0.25) is 5.91 Å². The van der Waals surface area contributed by atoms with E-state index in [9.17, 15) is 4.79 Å². The number of thioether (sulfide) groups is 1. The Morgan fingerprint density at radius 1 is 1.26 bits per heavy atom. The second-order valence-corrected chi connectivity index (χ2v) is 10.1. The standard InChI is InChI=1S/C25H29ClN6O2S/c1-2-3-13-34-20-9-7-17(8-10-20)21-15-22-24-28-29-25(31(24)11-12-32(22)30-21)35-16-23(33)27-19-6-4-5-18(26)14-19/h4-12,14,21-22,24,28,30H,2-3,13,15-16H2,1H3,(H,27,33). The lowest BCUT2D eigenvalue weighted by atomic mass is 10.00. The first-order valence-corrected chi connectivity index (χ1v) is 13.2. The summed E-state index contributed by atoms with van der Waals surface area (Å²) in [6.07, 6.45) is 7.17. The van der Waals surface area contributed by atoms with Crippen LogP contribution in [0.15, 0.2) is 66.0 Å². The van der Waals surface area contributed by atoms with Gasteiger partial charge in [0.1, 0.15) is 11.9 Å². The van der Waals surface area contributed by atoms with E-state index >= 15 is 0 Å². The third kappa shape index (κ3) is 5.52. The van der Waals surface area contributed by atoms with Crippen LogP contribution in [0, 0.1) is 0 Å². The monoisotopic (exact) mass is 512 g/mol. The SMILES string of the molecule is CCCCOc1ccc(C2CC3C4NN=C(SCC(=O)Nc5cccc(Cl)c5)N4C=CN3N2)cc1. The molecule has 10 heteroatoms. The lowest BCUT2D eigenvalue weighted by Crippen LogP contribution is -2.54. The number of hydrogen-bond acceptors (Lipinski definition) is 8. The molecule has 1 fully saturated rings. The van der Waals surface area contributed by atoms with E-state index in [1.54, 1.807) is 12.1 Å². The summed E-state index contributed by atoms with van der Waals surface area (Å²) in [4.78, 5) is 14.5. The molecule has 3 N–H and O–H groups in total. The second kappa shape index (κ2) is 10.8. The van der Waals surface area contributed by atoms with Crippen LogP contribution in [0.4, 0.5) is 5.69 Å². The number of anilines is 1. The van der Waals surface area contributed by atoms with Crippen LogP contribution in [-0.4, -0.2) is 45.6 Å². The molecule has 3 aliphatic rings. The van der Waals surface area contributed by atoms with Crippen molar-refractivity contribution in [1.82, 2.24) is 20.8 Å². The molecule has 0 radical (unpaired) electrons. The van der Waals surface area contributed by atoms with Gasteiger partial charge in [0.05, 0.1) is 24.4 Å². The molecule has 8 nitrogen and oxygen atoms in total. The number of hydrazone groups is 1. The number of nitrogens with one attached hydrogen (secondary N) is 3. The molecule has 0 aliphatic carbocycles. The summed E-state index contributed by atoms with van der Waals surface area (Å²) in [5.74, 6) is 1.07. The molecular formula is C25H29ClN6O2S. The van der Waals surface area contributed by atoms with Crippen LogP contribution in [0.25, 0.3) is 0 Å². The number of hydrazine groups is 1. The normalized spacial score (nSPS) is 22.3. The molecule has 0 bridgehead atoms. The van der Waals surface area contributed by atoms with E-state index in [0.29, 0.717) is 10.7 Å². The molecule has 3 heterocycles. The van der Waals surface area contributed by atoms with Crippen molar-refractivity contribution in [2.24, 2.45) is 5.10 Å². The van der Waals surface area contributed by atoms with Crippen LogP contribution in [0.5, 0.6) is 5.75 Å². The van der Waals surface area contributed by atoms with Gasteiger partial charge in [0.15, 0.2) is 5.17 Å². The third-order valence-corrected chi connectivity index (χ3v) is 7.40. The zero-order valence-electron chi connectivity index (χ0n) is 19.5. The molecule has 0 saturated carbocycles. The average molecular weight is 513 g/mol. The molecule has 0 spiro atoms. The highest BCUT2D eigenvalue weighted by molar-refractivity contribution is 8.14. The number of fused-ring (bicyclic) bond motifs is 3. The van der Waals surface area contributed by atoms with Crippen LogP contribution in [-0.2, 0) is 4.79 Å². The topological polar surface area (TPSA) is 81.2 Å². The number of carbonyl (C=O) groups is 1. The maximum absolute atomic E-state index is 12.4. The Kier molecular flexibility index (Phi) is 7.36. The molecule has 2 aromatic rings. The summed E-state index contributed by atoms with van der Waals surface area (Å²) in [6.45, 7) is 2.91. The highest BCUT2D eigenvalue weighted by atomic mass is 35.5. The zero-order chi connectivity index (χ0) is 24.2. The summed E-state index contributed by atoms with van der Waals surface area (Å²) in [6, 6.07) is 15.9. The van der Waals surface area contributed by atoms with Gasteiger partial charge in [-0.1, -0.05) is 54.9 Å². The fourth-order valence-electron chi connectivity index (χ4n) is 4.39. The van der Waals surface area contributed by atoms with Gasteiger partial charge in [-0.3, -0.25) is 10.2 Å². The van der Waals surface area contributed by atoms with Crippen molar-refractivity contribution in [2.75, 3.05) is 17.7 Å². The van der Waals surface area contributed by atoms with E-state index in [1.807, 2.05) is 36.7 Å². The van der Waals surface area contributed by atoms with Crippen LogP contribution >= 0.6 is 23.4 Å². The minimum absolute atomic E-state index is 0.00708. The molecule has 1 saturated heterocycles. The van der Waals surface area contributed by atoms with Crippen LogP contribution < -0.4 is 20.9 Å². The van der Waals surface area contributed by atoms with Gasteiger partial charge in [0, 0.05) is 23.1 Å². The van der Waals surface area contributed by atoms with E-state index in [2.05, 4.69) is 50.2 Å². The first-order chi connectivity index (χ1) is 17.1. The Bertz CT molecular complexity index is 1110. The van der Waals surface area contributed by atoms with Crippen molar-refractivity contribution >= 4 is 40.1 Å². The first-order valence-electron chi connectivity index (χ1n) is 11.9. The van der Waals surface area contributed by atoms with Crippen LogP contribution in [0.3, 0.4) is 0 Å². The predicted molar refractivity (Wildman–Crippen MR) is 141 cm³/mol. The van der Waals surface area contributed by atoms with Gasteiger partial charge < -0.3 is 20.0 Å². The molecule has 1 amide bonds. The maximum Gasteiger partial charge on any atom is 0.234 e.